The summed E-state index contributed by atoms with van der Waals surface area (Å²) in [5.41, 5.74) is 2.63. The number of benzene rings is 2. The molecule has 50 heavy (non-hydrogen) atoms. The zero-order chi connectivity index (χ0) is 35.2. The summed E-state index contributed by atoms with van der Waals surface area (Å²) in [5.74, 6) is -0.870. The highest BCUT2D eigenvalue weighted by Crippen LogP contribution is 2.30. The number of hydrogen-bond donors (Lipinski definition) is 3. The molecule has 4 heterocycles. The summed E-state index contributed by atoms with van der Waals surface area (Å²) in [4.78, 5) is 44.1. The fourth-order valence-corrected chi connectivity index (χ4v) is 6.10. The number of nitrogens with one attached hydrogen (secondary N) is 3. The van der Waals surface area contributed by atoms with Crippen LogP contribution in [0.2, 0.25) is 10.2 Å². The predicted molar refractivity (Wildman–Crippen MR) is 183 cm³/mol. The number of aromatic nitrogens is 7. The van der Waals surface area contributed by atoms with Crippen LogP contribution in [0.5, 0.6) is 0 Å². The molecule has 2 bridgehead atoms. The molecule has 6 rings (SSSR count). The van der Waals surface area contributed by atoms with Crippen molar-refractivity contribution in [2.45, 2.75) is 50.7 Å². The van der Waals surface area contributed by atoms with Crippen LogP contribution in [0.3, 0.4) is 0 Å². The van der Waals surface area contributed by atoms with Gasteiger partial charge in [0.05, 0.1) is 29.9 Å². The van der Waals surface area contributed by atoms with Gasteiger partial charge in [0, 0.05) is 41.6 Å². The third kappa shape index (κ3) is 8.17. The molecule has 0 fully saturated rings. The lowest BCUT2D eigenvalue weighted by atomic mass is 9.99. The summed E-state index contributed by atoms with van der Waals surface area (Å²) in [5, 5.41) is 21.0. The van der Waals surface area contributed by atoms with Gasteiger partial charge in [-0.25, -0.2) is 14.3 Å². The van der Waals surface area contributed by atoms with E-state index in [1.54, 1.807) is 29.0 Å². The first-order valence-corrected chi connectivity index (χ1v) is 16.6. The van der Waals surface area contributed by atoms with Crippen molar-refractivity contribution in [3.05, 3.63) is 105 Å². The van der Waals surface area contributed by atoms with Crippen LogP contribution in [-0.4, -0.2) is 65.3 Å². The van der Waals surface area contributed by atoms with Crippen LogP contribution in [0.15, 0.2) is 78.1 Å². The molecule has 3 aromatic heterocycles. The zero-order valence-corrected chi connectivity index (χ0v) is 28.0. The van der Waals surface area contributed by atoms with Crippen molar-refractivity contribution in [2.75, 3.05) is 18.4 Å². The summed E-state index contributed by atoms with van der Waals surface area (Å²) in [6, 6.07) is 14.2. The van der Waals surface area contributed by atoms with Gasteiger partial charge in [-0.15, -0.1) is 5.10 Å². The quantitative estimate of drug-likeness (QED) is 0.196. The van der Waals surface area contributed by atoms with E-state index in [0.29, 0.717) is 45.3 Å². The van der Waals surface area contributed by atoms with Gasteiger partial charge in [0.1, 0.15) is 11.7 Å². The average Bonchev–Trinajstić information content (AvgIpc) is 3.77. The van der Waals surface area contributed by atoms with E-state index in [9.17, 15) is 23.2 Å². The molecule has 3 N–H and O–H groups in total. The van der Waals surface area contributed by atoms with Crippen molar-refractivity contribution in [1.29, 1.82) is 0 Å². The predicted octanol–water partition coefficient (Wildman–Crippen LogP) is 5.27. The second-order valence-corrected chi connectivity index (χ2v) is 12.5. The minimum atomic E-state index is -2.86. The lowest BCUT2D eigenvalue weighted by Crippen LogP contribution is -2.42. The van der Waals surface area contributed by atoms with Gasteiger partial charge in [0.2, 0.25) is 5.91 Å². The summed E-state index contributed by atoms with van der Waals surface area (Å²) in [7, 11) is 0. The second-order valence-electron chi connectivity index (χ2n) is 11.6. The highest BCUT2D eigenvalue weighted by Gasteiger charge is 2.23. The van der Waals surface area contributed by atoms with Gasteiger partial charge < -0.3 is 16.0 Å². The van der Waals surface area contributed by atoms with Crippen molar-refractivity contribution in [1.82, 2.24) is 45.0 Å². The minimum absolute atomic E-state index is 0.0828. The molecule has 2 aromatic carbocycles. The Kier molecular flexibility index (Phi) is 10.8. The van der Waals surface area contributed by atoms with Gasteiger partial charge >= 0.3 is 6.55 Å². The molecule has 1 unspecified atom stereocenters. The molecule has 0 radical (unpaired) electrons. The first kappa shape index (κ1) is 34.7. The molecule has 0 spiro atoms. The highest BCUT2D eigenvalue weighted by atomic mass is 35.5. The topological polar surface area (TPSA) is 154 Å². The molecule has 0 saturated carbocycles. The molecule has 0 aliphatic carbocycles. The van der Waals surface area contributed by atoms with Gasteiger partial charge in [0.15, 0.2) is 5.15 Å². The van der Waals surface area contributed by atoms with Crippen LogP contribution in [-0.2, 0) is 4.79 Å². The Morgan fingerprint density at radius 3 is 2.68 bits per heavy atom. The molecule has 5 aromatic rings. The van der Waals surface area contributed by atoms with E-state index in [4.69, 9.17) is 23.2 Å². The lowest BCUT2D eigenvalue weighted by Gasteiger charge is -2.22. The normalized spacial score (nSPS) is 16.9. The van der Waals surface area contributed by atoms with Crippen LogP contribution < -0.4 is 21.5 Å². The number of alkyl halides is 2. The Morgan fingerprint density at radius 1 is 1.06 bits per heavy atom. The number of anilines is 1. The maximum absolute atomic E-state index is 13.8. The van der Waals surface area contributed by atoms with E-state index in [1.165, 1.54) is 23.1 Å². The number of fused-ring (bicyclic) bond motifs is 2. The van der Waals surface area contributed by atoms with E-state index >= 15 is 0 Å². The summed E-state index contributed by atoms with van der Waals surface area (Å²) < 4.78 is 29.2. The minimum Gasteiger partial charge on any atom is -0.374 e. The van der Waals surface area contributed by atoms with Gasteiger partial charge in [0.25, 0.3) is 11.5 Å². The van der Waals surface area contributed by atoms with Crippen LogP contribution in [0.25, 0.3) is 16.9 Å². The zero-order valence-electron chi connectivity index (χ0n) is 26.5. The van der Waals surface area contributed by atoms with Crippen molar-refractivity contribution < 1.29 is 18.4 Å². The van der Waals surface area contributed by atoms with Crippen LogP contribution in [0, 0.1) is 0 Å². The van der Waals surface area contributed by atoms with Gasteiger partial charge in [-0.2, -0.15) is 13.9 Å². The van der Waals surface area contributed by atoms with E-state index < -0.39 is 18.5 Å². The summed E-state index contributed by atoms with van der Waals surface area (Å²) >= 11 is 12.3. The first-order valence-electron chi connectivity index (χ1n) is 15.9. The smallest absolute Gasteiger partial charge is 0.333 e. The number of carbonyl (C=O) groups is 2. The molecule has 2 amide bonds. The van der Waals surface area contributed by atoms with Gasteiger partial charge in [-0.05, 0) is 61.2 Å². The molecule has 2 atom stereocenters. The molecule has 17 heteroatoms. The van der Waals surface area contributed by atoms with Gasteiger partial charge in [-0.3, -0.25) is 19.0 Å². The fraction of sp³-hybridized carbons (Fsp3) is 0.303. The standard InChI is InChI=1S/C33H32Cl2F2N10O3/c34-21-8-9-28(47-18-29(35)42-44-47)23(16-21)26-17-30(48)45(19-40-26)27-7-2-1-3-12-38-31(49)24(41-22-6-4-5-20(27)15-22)10-13-39-32(50)25-11-14-46(43-25)33(36)37/h4-6,8-9,11,14-19,24,27,33,41H,1-3,7,10,12-13H2,(H,38,49)(H,39,50)/t24-,27?/m1/s1. The summed E-state index contributed by atoms with van der Waals surface area (Å²) in [6.07, 6.45) is 7.27. The Morgan fingerprint density at radius 2 is 1.92 bits per heavy atom. The SMILES string of the molecule is O=C(NCC[C@H]1Nc2cccc(c2)C(n2cnc(-c3cc(Cl)ccc3-n3cc(Cl)nn3)cc2=O)CCCCCNC1=O)c1ccn(C(F)F)n1. The Bertz CT molecular complexity index is 2050. The molecule has 1 aliphatic rings. The molecule has 13 nitrogen and oxygen atoms in total. The Hall–Kier alpha value is -5.15. The Balaban J connectivity index is 1.23. The highest BCUT2D eigenvalue weighted by molar-refractivity contribution is 6.31. The third-order valence-corrected chi connectivity index (χ3v) is 8.67. The van der Waals surface area contributed by atoms with Crippen molar-refractivity contribution in [3.63, 3.8) is 0 Å². The fourth-order valence-electron chi connectivity index (χ4n) is 5.80. The molecular weight excluding hydrogens is 693 g/mol. The number of halogens is 4. The average molecular weight is 726 g/mol. The van der Waals surface area contributed by atoms with E-state index in [-0.39, 0.29) is 41.3 Å². The number of amides is 2. The van der Waals surface area contributed by atoms with Crippen molar-refractivity contribution in [2.24, 2.45) is 0 Å². The van der Waals surface area contributed by atoms with Crippen LogP contribution in [0.1, 0.15) is 60.7 Å². The molecule has 260 valence electrons. The first-order chi connectivity index (χ1) is 24.2. The number of hydrogen-bond acceptors (Lipinski definition) is 8. The van der Waals surface area contributed by atoms with Crippen LogP contribution >= 0.6 is 23.2 Å². The van der Waals surface area contributed by atoms with E-state index in [1.807, 2.05) is 24.3 Å². The maximum atomic E-state index is 13.8. The number of rotatable bonds is 8. The second kappa shape index (κ2) is 15.6. The third-order valence-electron chi connectivity index (χ3n) is 8.26. The largest absolute Gasteiger partial charge is 0.374 e. The molecular formula is C33H32Cl2F2N10O3. The Labute approximate surface area is 294 Å². The van der Waals surface area contributed by atoms with E-state index in [2.05, 4.69) is 36.3 Å². The lowest BCUT2D eigenvalue weighted by molar-refractivity contribution is -0.121. The molecule has 0 saturated heterocycles. The van der Waals surface area contributed by atoms with Crippen molar-refractivity contribution >= 4 is 40.7 Å². The van der Waals surface area contributed by atoms with Gasteiger partial charge in [-0.1, -0.05) is 53.4 Å². The van der Waals surface area contributed by atoms with E-state index in [0.717, 1.165) is 31.0 Å². The number of nitrogens with zero attached hydrogens (tertiary/aromatic N) is 7. The summed E-state index contributed by atoms with van der Waals surface area (Å²) in [6.45, 7) is -2.33. The molecule has 1 aliphatic heterocycles. The number of carbonyl (C=O) groups excluding carboxylic acids is 2. The monoisotopic (exact) mass is 724 g/mol. The maximum Gasteiger partial charge on any atom is 0.333 e. The van der Waals surface area contributed by atoms with Crippen molar-refractivity contribution in [3.8, 4) is 16.9 Å². The van der Waals surface area contributed by atoms with Crippen LogP contribution in [0.4, 0.5) is 14.5 Å².